The van der Waals surface area contributed by atoms with Gasteiger partial charge in [0.25, 0.3) is 11.7 Å². The lowest BCUT2D eigenvalue weighted by Crippen LogP contribution is -2.29. The van der Waals surface area contributed by atoms with Gasteiger partial charge in [-0.05, 0) is 48.0 Å². The number of benzene rings is 1. The lowest BCUT2D eigenvalue weighted by molar-refractivity contribution is -0.140. The summed E-state index contributed by atoms with van der Waals surface area (Å²) in [4.78, 5) is 31.1. The zero-order valence-electron chi connectivity index (χ0n) is 14.6. The van der Waals surface area contributed by atoms with Gasteiger partial charge in [0.1, 0.15) is 11.5 Å². The van der Waals surface area contributed by atoms with Crippen LogP contribution in [-0.4, -0.2) is 26.7 Å². The molecule has 0 spiro atoms. The number of furan rings is 1. The predicted molar refractivity (Wildman–Crippen MR) is 102 cm³/mol. The second kappa shape index (κ2) is 7.32. The molecule has 7 heteroatoms. The second-order valence-electron chi connectivity index (χ2n) is 6.30. The maximum Gasteiger partial charge on any atom is 0.296 e. The highest BCUT2D eigenvalue weighted by molar-refractivity contribution is 6.46. The number of carbonyl (C=O) groups excluding carboxylic acids is 2. The van der Waals surface area contributed by atoms with Crippen molar-refractivity contribution in [3.63, 3.8) is 0 Å². The fraction of sp³-hybridized carbons (Fsp3) is 0.0952. The van der Waals surface area contributed by atoms with Crippen molar-refractivity contribution in [2.24, 2.45) is 0 Å². The number of pyridine rings is 1. The summed E-state index contributed by atoms with van der Waals surface area (Å²) in [5.74, 6) is -1.19. The number of nitrogens with zero attached hydrogens (tertiary/aromatic N) is 2. The number of rotatable bonds is 4. The van der Waals surface area contributed by atoms with E-state index in [1.54, 1.807) is 60.9 Å². The van der Waals surface area contributed by atoms with Crippen LogP contribution in [0.15, 0.2) is 77.2 Å². The van der Waals surface area contributed by atoms with E-state index in [9.17, 15) is 14.7 Å². The van der Waals surface area contributed by atoms with Crippen LogP contribution in [0, 0.1) is 0 Å². The molecule has 2 aromatic heterocycles. The Labute approximate surface area is 165 Å². The van der Waals surface area contributed by atoms with E-state index in [0.29, 0.717) is 21.9 Å². The van der Waals surface area contributed by atoms with Gasteiger partial charge in [-0.2, -0.15) is 0 Å². The summed E-state index contributed by atoms with van der Waals surface area (Å²) in [7, 11) is 0. The predicted octanol–water partition coefficient (Wildman–Crippen LogP) is 3.95. The van der Waals surface area contributed by atoms with Crippen LogP contribution in [0.25, 0.3) is 5.76 Å². The molecule has 6 nitrogen and oxygen atoms in total. The van der Waals surface area contributed by atoms with Crippen LogP contribution in [0.1, 0.15) is 22.9 Å². The summed E-state index contributed by atoms with van der Waals surface area (Å²) in [5, 5.41) is 11.4. The molecular weight excluding hydrogens is 380 g/mol. The largest absolute Gasteiger partial charge is 0.507 e. The van der Waals surface area contributed by atoms with E-state index in [2.05, 4.69) is 4.98 Å². The van der Waals surface area contributed by atoms with Crippen molar-refractivity contribution in [3.8, 4) is 0 Å². The summed E-state index contributed by atoms with van der Waals surface area (Å²) in [6.07, 6.45) is 4.67. The van der Waals surface area contributed by atoms with Gasteiger partial charge >= 0.3 is 0 Å². The number of hydrogen-bond acceptors (Lipinski definition) is 5. The van der Waals surface area contributed by atoms with Gasteiger partial charge in [-0.1, -0.05) is 17.7 Å². The summed E-state index contributed by atoms with van der Waals surface area (Å²) >= 11 is 5.91. The summed E-state index contributed by atoms with van der Waals surface area (Å²) in [6, 6.07) is 12.5. The first kappa shape index (κ1) is 18.0. The molecule has 1 atom stereocenters. The molecule has 3 heterocycles. The van der Waals surface area contributed by atoms with Gasteiger partial charge in [0.15, 0.2) is 0 Å². The topological polar surface area (TPSA) is 83.6 Å². The monoisotopic (exact) mass is 394 g/mol. The molecule has 1 saturated heterocycles. The highest BCUT2D eigenvalue weighted by Crippen LogP contribution is 2.40. The van der Waals surface area contributed by atoms with E-state index in [-0.39, 0.29) is 17.9 Å². The van der Waals surface area contributed by atoms with Crippen molar-refractivity contribution >= 4 is 29.1 Å². The molecular formula is C21H15ClN2O4. The van der Waals surface area contributed by atoms with Crippen molar-refractivity contribution in [2.75, 3.05) is 0 Å². The molecule has 140 valence electrons. The zero-order valence-corrected chi connectivity index (χ0v) is 15.3. The third-order valence-electron chi connectivity index (χ3n) is 4.56. The van der Waals surface area contributed by atoms with Gasteiger partial charge in [-0.3, -0.25) is 14.6 Å². The fourth-order valence-corrected chi connectivity index (χ4v) is 3.39. The number of halogens is 1. The quantitative estimate of drug-likeness (QED) is 0.411. The highest BCUT2D eigenvalue weighted by atomic mass is 35.5. The Morgan fingerprint density at radius 1 is 1.14 bits per heavy atom. The summed E-state index contributed by atoms with van der Waals surface area (Å²) in [5.41, 5.74) is 1.02. The average molecular weight is 395 g/mol. The third kappa shape index (κ3) is 3.18. The van der Waals surface area contributed by atoms with Gasteiger partial charge in [0, 0.05) is 23.0 Å². The van der Waals surface area contributed by atoms with Crippen LogP contribution in [0.2, 0.25) is 5.02 Å². The molecule has 1 unspecified atom stereocenters. The maximum absolute atomic E-state index is 12.8. The van der Waals surface area contributed by atoms with E-state index in [1.165, 1.54) is 11.2 Å². The number of ketones is 1. The van der Waals surface area contributed by atoms with Crippen molar-refractivity contribution in [1.29, 1.82) is 0 Å². The number of Topliss-reactive ketones (excluding diaryl/α,β-unsaturated/α-hetero) is 1. The molecule has 1 aliphatic heterocycles. The Hall–Kier alpha value is -3.38. The van der Waals surface area contributed by atoms with Crippen LogP contribution in [0.4, 0.5) is 0 Å². The highest BCUT2D eigenvalue weighted by Gasteiger charge is 2.46. The molecule has 28 heavy (non-hydrogen) atoms. The molecule has 1 amide bonds. The minimum Gasteiger partial charge on any atom is -0.507 e. The smallest absolute Gasteiger partial charge is 0.296 e. The number of aliphatic hydroxyl groups excluding tert-OH is 1. The average Bonchev–Trinajstić information content (AvgIpc) is 3.31. The molecule has 1 fully saturated rings. The Bertz CT molecular complexity index is 1040. The van der Waals surface area contributed by atoms with Gasteiger partial charge < -0.3 is 14.4 Å². The van der Waals surface area contributed by atoms with Gasteiger partial charge in [0.2, 0.25) is 0 Å². The van der Waals surface area contributed by atoms with Gasteiger partial charge in [-0.25, -0.2) is 0 Å². The van der Waals surface area contributed by atoms with Gasteiger partial charge in [0.05, 0.1) is 24.4 Å². The summed E-state index contributed by atoms with van der Waals surface area (Å²) < 4.78 is 5.34. The lowest BCUT2D eigenvalue weighted by Gasteiger charge is -2.24. The molecule has 4 rings (SSSR count). The molecule has 1 aliphatic rings. The minimum atomic E-state index is -0.783. The molecule has 0 bridgehead atoms. The normalized spacial score (nSPS) is 18.6. The first-order valence-electron chi connectivity index (χ1n) is 8.53. The number of carbonyl (C=O) groups is 2. The number of hydrogen-bond donors (Lipinski definition) is 1. The molecule has 0 aliphatic carbocycles. The van der Waals surface area contributed by atoms with Crippen molar-refractivity contribution in [3.05, 3.63) is 94.7 Å². The molecule has 3 aromatic rings. The van der Waals surface area contributed by atoms with Crippen LogP contribution in [0.3, 0.4) is 0 Å². The lowest BCUT2D eigenvalue weighted by atomic mass is 9.96. The van der Waals surface area contributed by atoms with E-state index < -0.39 is 17.7 Å². The summed E-state index contributed by atoms with van der Waals surface area (Å²) in [6.45, 7) is 0.0918. The van der Waals surface area contributed by atoms with E-state index >= 15 is 0 Å². The van der Waals surface area contributed by atoms with Gasteiger partial charge in [-0.15, -0.1) is 0 Å². The van der Waals surface area contributed by atoms with Crippen LogP contribution < -0.4 is 0 Å². The van der Waals surface area contributed by atoms with Crippen molar-refractivity contribution in [1.82, 2.24) is 9.88 Å². The first-order chi connectivity index (χ1) is 13.6. The standard InChI is InChI=1S/C21H15ClN2O4/c22-15-7-5-13(6-8-15)19(25)17-18(14-3-1-9-23-11-14)24(21(27)20(17)26)12-16-4-2-10-28-16/h1-11,18,25H,12H2/b19-17+. The number of aliphatic hydroxyl groups is 1. The zero-order chi connectivity index (χ0) is 19.7. The minimum absolute atomic E-state index is 0.00637. The van der Waals surface area contributed by atoms with Crippen molar-refractivity contribution in [2.45, 2.75) is 12.6 Å². The Balaban J connectivity index is 1.85. The molecule has 1 aromatic carbocycles. The molecule has 1 N–H and O–H groups in total. The second-order valence-corrected chi connectivity index (χ2v) is 6.74. The Morgan fingerprint density at radius 3 is 2.57 bits per heavy atom. The first-order valence-corrected chi connectivity index (χ1v) is 8.90. The van der Waals surface area contributed by atoms with E-state index in [4.69, 9.17) is 16.0 Å². The Kier molecular flexibility index (Phi) is 4.71. The van der Waals surface area contributed by atoms with Crippen LogP contribution >= 0.6 is 11.6 Å². The molecule has 0 radical (unpaired) electrons. The van der Waals surface area contributed by atoms with E-state index in [0.717, 1.165) is 0 Å². The maximum atomic E-state index is 12.8. The SMILES string of the molecule is O=C1C(=O)N(Cc2ccco2)C(c2cccnc2)/C1=C(\O)c1ccc(Cl)cc1. The number of aromatic nitrogens is 1. The fourth-order valence-electron chi connectivity index (χ4n) is 3.26. The third-order valence-corrected chi connectivity index (χ3v) is 4.82. The van der Waals surface area contributed by atoms with E-state index in [1.807, 2.05) is 0 Å². The van der Waals surface area contributed by atoms with Crippen LogP contribution in [-0.2, 0) is 16.1 Å². The number of likely N-dealkylation sites (tertiary alicyclic amines) is 1. The molecule has 0 saturated carbocycles. The van der Waals surface area contributed by atoms with Crippen LogP contribution in [0.5, 0.6) is 0 Å². The van der Waals surface area contributed by atoms with Crippen molar-refractivity contribution < 1.29 is 19.1 Å². The number of amides is 1. The Morgan fingerprint density at radius 2 is 1.93 bits per heavy atom.